The van der Waals surface area contributed by atoms with Gasteiger partial charge in [-0.05, 0) is 69.1 Å². The number of anilines is 3. The number of alkyl halides is 3. The summed E-state index contributed by atoms with van der Waals surface area (Å²) < 4.78 is 44.2. The first-order valence-corrected chi connectivity index (χ1v) is 16.7. The molecule has 0 radical (unpaired) electrons. The first-order chi connectivity index (χ1) is 23.5. The maximum absolute atomic E-state index is 14.1. The fourth-order valence-corrected chi connectivity index (χ4v) is 6.27. The summed E-state index contributed by atoms with van der Waals surface area (Å²) in [5, 5.41) is 10.4. The lowest BCUT2D eigenvalue weighted by atomic mass is 9.96. The van der Waals surface area contributed by atoms with Gasteiger partial charge in [-0.3, -0.25) is 14.4 Å². The van der Waals surface area contributed by atoms with Crippen molar-refractivity contribution in [3.63, 3.8) is 0 Å². The zero-order valence-corrected chi connectivity index (χ0v) is 28.1. The second-order valence-electron chi connectivity index (χ2n) is 13.0. The summed E-state index contributed by atoms with van der Waals surface area (Å²) in [6, 6.07) is 9.47. The summed E-state index contributed by atoms with van der Waals surface area (Å²) in [5.41, 5.74) is 3.42. The molecule has 49 heavy (non-hydrogen) atoms. The summed E-state index contributed by atoms with van der Waals surface area (Å²) >= 11 is 0. The number of aryl methyl sites for hydroxylation is 2. The predicted octanol–water partition coefficient (Wildman–Crippen LogP) is 6.96. The van der Waals surface area contributed by atoms with E-state index in [0.717, 1.165) is 43.2 Å². The summed E-state index contributed by atoms with van der Waals surface area (Å²) in [6.45, 7) is 6.95. The monoisotopic (exact) mass is 670 g/mol. The number of carbonyl (C=O) groups is 1. The second kappa shape index (κ2) is 14.8. The average Bonchev–Trinajstić information content (AvgIpc) is 3.55. The summed E-state index contributed by atoms with van der Waals surface area (Å²) in [5.74, 6) is 6.15. The highest BCUT2D eigenvalue weighted by atomic mass is 19.4. The first kappa shape index (κ1) is 34.1. The molecule has 2 aliphatic rings. The van der Waals surface area contributed by atoms with E-state index in [1.54, 1.807) is 30.6 Å². The molecule has 0 bridgehead atoms. The van der Waals surface area contributed by atoms with Crippen LogP contribution < -0.4 is 10.6 Å². The topological polar surface area (TPSA) is 91.2 Å². The van der Waals surface area contributed by atoms with Gasteiger partial charge in [0, 0.05) is 61.9 Å². The third-order valence-corrected chi connectivity index (χ3v) is 9.28. The number of piperazine rings is 1. The fourth-order valence-electron chi connectivity index (χ4n) is 6.27. The number of nitrogens with one attached hydrogen (secondary N) is 2. The molecule has 2 aromatic carbocycles. The van der Waals surface area contributed by atoms with Crippen LogP contribution in [0.25, 0.3) is 0 Å². The molecular formula is C37H41F3N8O. The Balaban J connectivity index is 1.12. The molecule has 4 aromatic rings. The molecule has 1 aliphatic carbocycles. The molecule has 0 unspecified atom stereocenters. The normalized spacial score (nSPS) is 16.2. The van der Waals surface area contributed by atoms with Crippen LogP contribution in [0.15, 0.2) is 55.0 Å². The molecule has 1 saturated heterocycles. The quantitative estimate of drug-likeness (QED) is 0.206. The predicted molar refractivity (Wildman–Crippen MR) is 184 cm³/mol. The summed E-state index contributed by atoms with van der Waals surface area (Å²) in [7, 11) is 2.00. The number of hydrogen-bond acceptors (Lipinski definition) is 7. The van der Waals surface area contributed by atoms with Crippen molar-refractivity contribution < 1.29 is 18.0 Å². The number of likely N-dealkylation sites (N-methyl/N-ethyl adjacent to an activating group) is 1. The third kappa shape index (κ3) is 8.66. The maximum atomic E-state index is 14.1. The lowest BCUT2D eigenvalue weighted by Gasteiger charge is -2.33. The van der Waals surface area contributed by atoms with Crippen molar-refractivity contribution in [1.29, 1.82) is 0 Å². The third-order valence-electron chi connectivity index (χ3n) is 9.28. The Labute approximate surface area is 284 Å². The molecule has 256 valence electrons. The Bertz CT molecular complexity index is 1860. The number of aromatic nitrogens is 4. The standard InChI is InChI=1S/C37H41F3N8O/c1-25-9-10-28(35(49)44-31-14-13-30(34(20-31)37(38,39)40)23-47-17-15-46(3)16-18-47)19-27(25)11-12-29-21-41-36(43-26(29)2)45-32-22-42-48(24-32)33-7-5-4-6-8-33/h9-10,13-14,19-22,24,33H,4-8,15-18,23H2,1-3H3,(H,44,49)(H,41,43,45). The lowest BCUT2D eigenvalue weighted by molar-refractivity contribution is -0.138. The van der Waals surface area contributed by atoms with Gasteiger partial charge in [-0.2, -0.15) is 18.3 Å². The van der Waals surface area contributed by atoms with Gasteiger partial charge in [0.1, 0.15) is 0 Å². The Kier molecular flexibility index (Phi) is 10.3. The number of amides is 1. The minimum Gasteiger partial charge on any atom is -0.322 e. The van der Waals surface area contributed by atoms with Gasteiger partial charge in [-0.25, -0.2) is 9.97 Å². The van der Waals surface area contributed by atoms with Crippen molar-refractivity contribution in [2.24, 2.45) is 0 Å². The molecule has 1 saturated carbocycles. The second-order valence-corrected chi connectivity index (χ2v) is 13.0. The van der Waals surface area contributed by atoms with Gasteiger partial charge in [0.15, 0.2) is 0 Å². The van der Waals surface area contributed by atoms with Gasteiger partial charge in [0.05, 0.1) is 34.7 Å². The Morgan fingerprint density at radius 2 is 1.69 bits per heavy atom. The van der Waals surface area contributed by atoms with E-state index in [1.807, 2.05) is 36.7 Å². The van der Waals surface area contributed by atoms with Crippen LogP contribution >= 0.6 is 0 Å². The minimum absolute atomic E-state index is 0.0791. The zero-order valence-electron chi connectivity index (χ0n) is 28.1. The lowest BCUT2D eigenvalue weighted by Crippen LogP contribution is -2.44. The van der Waals surface area contributed by atoms with Gasteiger partial charge >= 0.3 is 6.18 Å². The van der Waals surface area contributed by atoms with Crippen LogP contribution in [0.1, 0.15) is 82.0 Å². The average molecular weight is 671 g/mol. The van der Waals surface area contributed by atoms with E-state index < -0.39 is 17.6 Å². The molecule has 0 spiro atoms. The molecule has 1 amide bonds. The van der Waals surface area contributed by atoms with E-state index in [1.165, 1.54) is 31.4 Å². The largest absolute Gasteiger partial charge is 0.416 e. The number of halogens is 3. The van der Waals surface area contributed by atoms with Crippen LogP contribution in [-0.4, -0.2) is 68.7 Å². The van der Waals surface area contributed by atoms with E-state index in [0.29, 0.717) is 41.9 Å². The molecule has 12 heteroatoms. The van der Waals surface area contributed by atoms with Crippen LogP contribution in [0.2, 0.25) is 0 Å². The molecule has 3 heterocycles. The molecule has 6 rings (SSSR count). The van der Waals surface area contributed by atoms with E-state index in [4.69, 9.17) is 0 Å². The van der Waals surface area contributed by atoms with Crippen molar-refractivity contribution in [1.82, 2.24) is 29.5 Å². The fraction of sp³-hybridized carbons (Fsp3) is 0.405. The van der Waals surface area contributed by atoms with E-state index >= 15 is 0 Å². The number of carbonyl (C=O) groups excluding carboxylic acids is 1. The molecular weight excluding hydrogens is 629 g/mol. The van der Waals surface area contributed by atoms with E-state index in [9.17, 15) is 18.0 Å². The van der Waals surface area contributed by atoms with Gasteiger partial charge in [-0.15, -0.1) is 0 Å². The van der Waals surface area contributed by atoms with Crippen LogP contribution in [0.3, 0.4) is 0 Å². The highest BCUT2D eigenvalue weighted by molar-refractivity contribution is 6.04. The Morgan fingerprint density at radius 1 is 0.939 bits per heavy atom. The van der Waals surface area contributed by atoms with E-state index in [-0.39, 0.29) is 23.4 Å². The Morgan fingerprint density at radius 3 is 2.43 bits per heavy atom. The number of nitrogens with zero attached hydrogens (tertiary/aromatic N) is 6. The van der Waals surface area contributed by atoms with Crippen molar-refractivity contribution in [2.45, 2.75) is 64.7 Å². The smallest absolute Gasteiger partial charge is 0.322 e. The summed E-state index contributed by atoms with van der Waals surface area (Å²) in [6.07, 6.45) is 6.91. The van der Waals surface area contributed by atoms with Crippen molar-refractivity contribution in [3.8, 4) is 11.8 Å². The van der Waals surface area contributed by atoms with Gasteiger partial charge < -0.3 is 15.5 Å². The van der Waals surface area contributed by atoms with Crippen LogP contribution in [0.5, 0.6) is 0 Å². The van der Waals surface area contributed by atoms with Crippen molar-refractivity contribution >= 4 is 23.2 Å². The first-order valence-electron chi connectivity index (χ1n) is 16.7. The van der Waals surface area contributed by atoms with Crippen LogP contribution in [0.4, 0.5) is 30.5 Å². The molecule has 9 nitrogen and oxygen atoms in total. The van der Waals surface area contributed by atoms with Gasteiger partial charge in [0.25, 0.3) is 5.91 Å². The minimum atomic E-state index is -4.55. The summed E-state index contributed by atoms with van der Waals surface area (Å²) in [4.78, 5) is 26.4. The van der Waals surface area contributed by atoms with Crippen LogP contribution in [0, 0.1) is 25.7 Å². The van der Waals surface area contributed by atoms with Crippen molar-refractivity contribution in [2.75, 3.05) is 43.9 Å². The SMILES string of the molecule is Cc1ccc(C(=O)Nc2ccc(CN3CCN(C)CC3)c(C(F)(F)F)c2)cc1C#Cc1cnc(Nc2cnn(C3CCCCC3)c2)nc1C. The molecule has 0 atom stereocenters. The number of benzene rings is 2. The van der Waals surface area contributed by atoms with Gasteiger partial charge in [0.2, 0.25) is 5.95 Å². The molecule has 1 aliphatic heterocycles. The Hall–Kier alpha value is -4.73. The highest BCUT2D eigenvalue weighted by Crippen LogP contribution is 2.35. The molecule has 2 N–H and O–H groups in total. The molecule has 2 aromatic heterocycles. The number of rotatable bonds is 7. The van der Waals surface area contributed by atoms with Crippen LogP contribution in [-0.2, 0) is 12.7 Å². The van der Waals surface area contributed by atoms with E-state index in [2.05, 4.69) is 42.4 Å². The maximum Gasteiger partial charge on any atom is 0.416 e. The zero-order chi connectivity index (χ0) is 34.5. The number of hydrogen-bond donors (Lipinski definition) is 2. The van der Waals surface area contributed by atoms with Gasteiger partial charge in [-0.1, -0.05) is 43.2 Å². The molecule has 2 fully saturated rings. The van der Waals surface area contributed by atoms with Crippen molar-refractivity contribution in [3.05, 3.63) is 94.1 Å². The highest BCUT2D eigenvalue weighted by Gasteiger charge is 2.34.